The third-order valence-corrected chi connectivity index (χ3v) is 2.83. The Bertz CT molecular complexity index is 552. The van der Waals surface area contributed by atoms with Crippen LogP contribution >= 0.6 is 0 Å². The zero-order valence-corrected chi connectivity index (χ0v) is 11.4. The summed E-state index contributed by atoms with van der Waals surface area (Å²) in [5.41, 5.74) is 5.39. The van der Waals surface area contributed by atoms with Crippen molar-refractivity contribution in [2.24, 2.45) is 11.7 Å². The van der Waals surface area contributed by atoms with Crippen LogP contribution in [0.3, 0.4) is 0 Å². The summed E-state index contributed by atoms with van der Waals surface area (Å²) in [5.74, 6) is 2.33. The van der Waals surface area contributed by atoms with E-state index in [1.54, 1.807) is 0 Å². The van der Waals surface area contributed by atoms with Crippen LogP contribution in [0.4, 0.5) is 0 Å². The van der Waals surface area contributed by atoms with E-state index in [0.29, 0.717) is 6.61 Å². The highest BCUT2D eigenvalue weighted by atomic mass is 16.5. The van der Waals surface area contributed by atoms with E-state index >= 15 is 0 Å². The van der Waals surface area contributed by atoms with Crippen LogP contribution in [0.2, 0.25) is 0 Å². The van der Waals surface area contributed by atoms with Crippen molar-refractivity contribution < 1.29 is 9.47 Å². The molecule has 0 saturated carbocycles. The molecule has 0 bridgehead atoms. The molecule has 1 atom stereocenters. The Morgan fingerprint density at radius 3 is 2.15 bits per heavy atom. The molecule has 2 aromatic carbocycles. The summed E-state index contributed by atoms with van der Waals surface area (Å²) in [6.45, 7) is 2.25. The topological polar surface area (TPSA) is 68.3 Å². The number of hydrogen-bond donors (Lipinski definition) is 2. The molecule has 1 unspecified atom stereocenters. The highest BCUT2D eigenvalue weighted by Crippen LogP contribution is 2.23. The molecule has 0 fully saturated rings. The van der Waals surface area contributed by atoms with E-state index < -0.39 is 0 Å². The molecule has 0 aliphatic rings. The van der Waals surface area contributed by atoms with Gasteiger partial charge in [0.05, 0.1) is 12.4 Å². The second-order valence-corrected chi connectivity index (χ2v) is 4.55. The molecule has 20 heavy (non-hydrogen) atoms. The van der Waals surface area contributed by atoms with Gasteiger partial charge in [0, 0.05) is 5.92 Å². The van der Waals surface area contributed by atoms with Gasteiger partial charge < -0.3 is 15.2 Å². The fourth-order valence-corrected chi connectivity index (χ4v) is 1.54. The SMILES string of the molecule is CC(COc1ccc(Oc2ccccc2)cc1)C(=N)N. The van der Waals surface area contributed by atoms with Crippen molar-refractivity contribution in [2.75, 3.05) is 6.61 Å². The first-order valence-electron chi connectivity index (χ1n) is 6.45. The molecule has 2 rings (SSSR count). The van der Waals surface area contributed by atoms with Crippen molar-refractivity contribution in [3.05, 3.63) is 54.6 Å². The van der Waals surface area contributed by atoms with E-state index in [1.807, 2.05) is 61.5 Å². The standard InChI is InChI=1S/C16H18N2O2/c1-12(16(17)18)11-19-13-7-9-15(10-8-13)20-14-5-3-2-4-6-14/h2-10,12H,11H2,1H3,(H3,17,18). The van der Waals surface area contributed by atoms with Crippen LogP contribution in [0, 0.1) is 11.3 Å². The molecule has 2 aromatic rings. The lowest BCUT2D eigenvalue weighted by molar-refractivity contribution is 0.291. The van der Waals surface area contributed by atoms with E-state index in [-0.39, 0.29) is 11.8 Å². The van der Waals surface area contributed by atoms with Crippen molar-refractivity contribution in [3.63, 3.8) is 0 Å². The first-order chi connectivity index (χ1) is 9.65. The van der Waals surface area contributed by atoms with Gasteiger partial charge in [-0.3, -0.25) is 5.41 Å². The van der Waals surface area contributed by atoms with Gasteiger partial charge in [-0.05, 0) is 36.4 Å². The number of amidine groups is 1. The Hall–Kier alpha value is -2.49. The minimum atomic E-state index is -0.0877. The maximum Gasteiger partial charge on any atom is 0.127 e. The van der Waals surface area contributed by atoms with Gasteiger partial charge in [0.15, 0.2) is 0 Å². The van der Waals surface area contributed by atoms with Gasteiger partial charge in [-0.2, -0.15) is 0 Å². The number of nitrogens with one attached hydrogen (secondary N) is 1. The van der Waals surface area contributed by atoms with Gasteiger partial charge in [0.1, 0.15) is 17.2 Å². The number of hydrogen-bond acceptors (Lipinski definition) is 3. The summed E-state index contributed by atoms with van der Waals surface area (Å²) in [4.78, 5) is 0. The monoisotopic (exact) mass is 270 g/mol. The van der Waals surface area contributed by atoms with E-state index in [4.69, 9.17) is 20.6 Å². The summed E-state index contributed by atoms with van der Waals surface area (Å²) in [6.07, 6.45) is 0. The quantitative estimate of drug-likeness (QED) is 0.624. The molecule has 4 heteroatoms. The van der Waals surface area contributed by atoms with Crippen LogP contribution in [0.25, 0.3) is 0 Å². The van der Waals surface area contributed by atoms with Gasteiger partial charge in [-0.15, -0.1) is 0 Å². The summed E-state index contributed by atoms with van der Waals surface area (Å²) < 4.78 is 11.2. The zero-order valence-electron chi connectivity index (χ0n) is 11.4. The molecule has 0 aliphatic carbocycles. The Morgan fingerprint density at radius 2 is 1.55 bits per heavy atom. The van der Waals surface area contributed by atoms with Crippen molar-refractivity contribution in [2.45, 2.75) is 6.92 Å². The lowest BCUT2D eigenvalue weighted by Gasteiger charge is -2.12. The number of benzene rings is 2. The van der Waals surface area contributed by atoms with Crippen LogP contribution in [0.1, 0.15) is 6.92 Å². The summed E-state index contributed by atoms with van der Waals surface area (Å²) in [5, 5.41) is 7.30. The molecule has 0 amide bonds. The second-order valence-electron chi connectivity index (χ2n) is 4.55. The van der Waals surface area contributed by atoms with E-state index in [0.717, 1.165) is 17.2 Å². The minimum Gasteiger partial charge on any atom is -0.493 e. The average molecular weight is 270 g/mol. The first kappa shape index (κ1) is 13.9. The molecule has 3 N–H and O–H groups in total. The van der Waals surface area contributed by atoms with E-state index in [1.165, 1.54) is 0 Å². The number of nitrogens with two attached hydrogens (primary N) is 1. The third kappa shape index (κ3) is 4.02. The molecule has 0 radical (unpaired) electrons. The molecule has 4 nitrogen and oxygen atoms in total. The summed E-state index contributed by atoms with van der Waals surface area (Å²) >= 11 is 0. The smallest absolute Gasteiger partial charge is 0.127 e. The van der Waals surface area contributed by atoms with Gasteiger partial charge >= 0.3 is 0 Å². The maximum absolute atomic E-state index is 7.30. The molecular formula is C16H18N2O2. The maximum atomic E-state index is 7.30. The lowest BCUT2D eigenvalue weighted by atomic mass is 10.2. The predicted octanol–water partition coefficient (Wildman–Crippen LogP) is 3.43. The van der Waals surface area contributed by atoms with Crippen molar-refractivity contribution >= 4 is 5.84 Å². The highest BCUT2D eigenvalue weighted by molar-refractivity contribution is 5.79. The molecule has 0 saturated heterocycles. The van der Waals surface area contributed by atoms with Crippen molar-refractivity contribution in [1.82, 2.24) is 0 Å². The molecule has 0 aliphatic heterocycles. The number of para-hydroxylation sites is 1. The van der Waals surface area contributed by atoms with Crippen LogP contribution in [-0.4, -0.2) is 12.4 Å². The van der Waals surface area contributed by atoms with Gasteiger partial charge in [0.2, 0.25) is 0 Å². The first-order valence-corrected chi connectivity index (χ1v) is 6.45. The molecule has 0 spiro atoms. The average Bonchev–Trinajstić information content (AvgIpc) is 2.47. The summed E-state index contributed by atoms with van der Waals surface area (Å²) in [6, 6.07) is 17.0. The van der Waals surface area contributed by atoms with E-state index in [9.17, 15) is 0 Å². The normalized spacial score (nSPS) is 11.7. The number of ether oxygens (including phenoxy) is 2. The van der Waals surface area contributed by atoms with Crippen LogP contribution in [0.5, 0.6) is 17.2 Å². The largest absolute Gasteiger partial charge is 0.493 e. The third-order valence-electron chi connectivity index (χ3n) is 2.83. The molecule has 0 aromatic heterocycles. The zero-order chi connectivity index (χ0) is 14.4. The van der Waals surface area contributed by atoms with Crippen LogP contribution in [-0.2, 0) is 0 Å². The van der Waals surface area contributed by atoms with E-state index in [2.05, 4.69) is 0 Å². The Labute approximate surface area is 118 Å². The minimum absolute atomic E-state index is 0.0877. The molecular weight excluding hydrogens is 252 g/mol. The van der Waals surface area contributed by atoms with Crippen LogP contribution in [0.15, 0.2) is 54.6 Å². The fourth-order valence-electron chi connectivity index (χ4n) is 1.54. The van der Waals surface area contributed by atoms with Gasteiger partial charge in [0.25, 0.3) is 0 Å². The fraction of sp³-hybridized carbons (Fsp3) is 0.188. The number of rotatable bonds is 6. The van der Waals surface area contributed by atoms with Gasteiger partial charge in [-0.25, -0.2) is 0 Å². The molecule has 0 heterocycles. The van der Waals surface area contributed by atoms with Gasteiger partial charge in [-0.1, -0.05) is 25.1 Å². The lowest BCUT2D eigenvalue weighted by Crippen LogP contribution is -2.25. The van der Waals surface area contributed by atoms with Crippen molar-refractivity contribution in [3.8, 4) is 17.2 Å². The van der Waals surface area contributed by atoms with Crippen molar-refractivity contribution in [1.29, 1.82) is 5.41 Å². The highest BCUT2D eigenvalue weighted by Gasteiger charge is 2.06. The Balaban J connectivity index is 1.91. The summed E-state index contributed by atoms with van der Waals surface area (Å²) in [7, 11) is 0. The Kier molecular flexibility index (Phi) is 4.60. The van der Waals surface area contributed by atoms with Crippen LogP contribution < -0.4 is 15.2 Å². The molecule has 104 valence electrons. The Morgan fingerprint density at radius 1 is 1.00 bits per heavy atom. The second kappa shape index (κ2) is 6.61. The predicted molar refractivity (Wildman–Crippen MR) is 79.5 cm³/mol.